The first kappa shape index (κ1) is 9.12. The van der Waals surface area contributed by atoms with Gasteiger partial charge in [-0.1, -0.05) is 23.5 Å². The summed E-state index contributed by atoms with van der Waals surface area (Å²) in [5.41, 5.74) is 1.09. The molecule has 0 bridgehead atoms. The van der Waals surface area contributed by atoms with Gasteiger partial charge in [0.2, 0.25) is 0 Å². The molecule has 78 valence electrons. The molecule has 0 unspecified atom stereocenters. The lowest BCUT2D eigenvalue weighted by Crippen LogP contribution is -2.21. The van der Waals surface area contributed by atoms with Gasteiger partial charge in [-0.2, -0.15) is 0 Å². The molecule has 0 saturated carbocycles. The van der Waals surface area contributed by atoms with E-state index in [2.05, 4.69) is 33.8 Å². The van der Waals surface area contributed by atoms with Gasteiger partial charge in [0, 0.05) is 12.6 Å². The van der Waals surface area contributed by atoms with Crippen molar-refractivity contribution in [3.63, 3.8) is 0 Å². The minimum Gasteiger partial charge on any atom is -0.357 e. The molecular formula is C11H13N3S. The highest BCUT2D eigenvalue weighted by Crippen LogP contribution is 2.26. The summed E-state index contributed by atoms with van der Waals surface area (Å²) < 4.78 is 1.26. The van der Waals surface area contributed by atoms with Crippen molar-refractivity contribution in [2.45, 2.75) is 12.5 Å². The Hall–Kier alpha value is -1.13. The van der Waals surface area contributed by atoms with Gasteiger partial charge in [-0.15, -0.1) is 0 Å². The highest BCUT2D eigenvalue weighted by Gasteiger charge is 2.15. The standard InChI is InChI=1S/C11H13N3S/c1-2-4-10-9(3-1)14-11(15-10)13-8-5-6-12-7-8/h1-4,8,12H,5-7H2,(H,13,14)/t8-/m0/s1. The van der Waals surface area contributed by atoms with Gasteiger partial charge in [-0.05, 0) is 25.1 Å². The van der Waals surface area contributed by atoms with E-state index in [1.54, 1.807) is 11.3 Å². The monoisotopic (exact) mass is 219 g/mol. The fraction of sp³-hybridized carbons (Fsp3) is 0.364. The Kier molecular flexibility index (Phi) is 2.31. The van der Waals surface area contributed by atoms with Gasteiger partial charge in [0.25, 0.3) is 0 Å². The molecule has 4 heteroatoms. The maximum absolute atomic E-state index is 4.56. The van der Waals surface area contributed by atoms with Crippen molar-refractivity contribution in [1.82, 2.24) is 10.3 Å². The lowest BCUT2D eigenvalue weighted by molar-refractivity contribution is 0.792. The quantitative estimate of drug-likeness (QED) is 0.812. The Balaban J connectivity index is 1.84. The number of benzene rings is 1. The Morgan fingerprint density at radius 1 is 1.40 bits per heavy atom. The molecule has 1 aromatic carbocycles. The summed E-state index contributed by atoms with van der Waals surface area (Å²) in [4.78, 5) is 4.56. The van der Waals surface area contributed by atoms with Gasteiger partial charge in [0.15, 0.2) is 5.13 Å². The van der Waals surface area contributed by atoms with Crippen molar-refractivity contribution >= 4 is 26.7 Å². The summed E-state index contributed by atoms with van der Waals surface area (Å²) in [6, 6.07) is 8.81. The molecule has 0 amide bonds. The van der Waals surface area contributed by atoms with Crippen LogP contribution in [0.4, 0.5) is 5.13 Å². The van der Waals surface area contributed by atoms with E-state index in [0.29, 0.717) is 6.04 Å². The zero-order valence-corrected chi connectivity index (χ0v) is 9.18. The van der Waals surface area contributed by atoms with Crippen LogP contribution < -0.4 is 10.6 Å². The first-order valence-corrected chi connectivity index (χ1v) is 6.06. The minimum absolute atomic E-state index is 0.547. The van der Waals surface area contributed by atoms with Gasteiger partial charge in [-0.25, -0.2) is 4.98 Å². The van der Waals surface area contributed by atoms with Crippen molar-refractivity contribution in [3.05, 3.63) is 24.3 Å². The smallest absolute Gasteiger partial charge is 0.184 e. The van der Waals surface area contributed by atoms with Crippen LogP contribution in [-0.4, -0.2) is 24.1 Å². The summed E-state index contributed by atoms with van der Waals surface area (Å²) in [7, 11) is 0. The van der Waals surface area contributed by atoms with Crippen LogP contribution in [0.25, 0.3) is 10.2 Å². The molecule has 1 fully saturated rings. The maximum atomic E-state index is 4.56. The molecule has 1 aliphatic rings. The summed E-state index contributed by atoms with van der Waals surface area (Å²) in [5, 5.41) is 7.86. The molecule has 0 spiro atoms. The molecular weight excluding hydrogens is 206 g/mol. The predicted molar refractivity (Wildman–Crippen MR) is 64.5 cm³/mol. The zero-order valence-electron chi connectivity index (χ0n) is 8.36. The summed E-state index contributed by atoms with van der Waals surface area (Å²) in [6.07, 6.45) is 1.19. The van der Waals surface area contributed by atoms with Crippen LogP contribution in [0.5, 0.6) is 0 Å². The van der Waals surface area contributed by atoms with Gasteiger partial charge in [-0.3, -0.25) is 0 Å². The number of anilines is 1. The van der Waals surface area contributed by atoms with Crippen LogP contribution in [0.15, 0.2) is 24.3 Å². The van der Waals surface area contributed by atoms with Crippen molar-refractivity contribution in [1.29, 1.82) is 0 Å². The molecule has 3 rings (SSSR count). The molecule has 1 atom stereocenters. The van der Waals surface area contributed by atoms with Crippen LogP contribution in [0.2, 0.25) is 0 Å². The lowest BCUT2D eigenvalue weighted by Gasteiger charge is -2.08. The summed E-state index contributed by atoms with van der Waals surface area (Å²) in [5.74, 6) is 0. The van der Waals surface area contributed by atoms with Crippen molar-refractivity contribution in [3.8, 4) is 0 Å². The molecule has 3 nitrogen and oxygen atoms in total. The van der Waals surface area contributed by atoms with E-state index < -0.39 is 0 Å². The number of hydrogen-bond donors (Lipinski definition) is 2. The number of aromatic nitrogens is 1. The van der Waals surface area contributed by atoms with Crippen LogP contribution in [0.3, 0.4) is 0 Å². The molecule has 15 heavy (non-hydrogen) atoms. The third-order valence-corrected chi connectivity index (χ3v) is 3.65. The fourth-order valence-corrected chi connectivity index (χ4v) is 2.83. The predicted octanol–water partition coefficient (Wildman–Crippen LogP) is 2.07. The topological polar surface area (TPSA) is 37.0 Å². The van der Waals surface area contributed by atoms with E-state index in [0.717, 1.165) is 23.7 Å². The third kappa shape index (κ3) is 1.82. The Bertz CT molecular complexity index is 427. The number of rotatable bonds is 2. The number of hydrogen-bond acceptors (Lipinski definition) is 4. The number of nitrogens with one attached hydrogen (secondary N) is 2. The zero-order chi connectivity index (χ0) is 10.1. The number of thiazole rings is 1. The molecule has 2 N–H and O–H groups in total. The van der Waals surface area contributed by atoms with E-state index in [-0.39, 0.29) is 0 Å². The maximum Gasteiger partial charge on any atom is 0.184 e. The minimum atomic E-state index is 0.547. The normalized spacial score (nSPS) is 20.9. The lowest BCUT2D eigenvalue weighted by atomic mass is 10.3. The van der Waals surface area contributed by atoms with E-state index in [1.165, 1.54) is 11.1 Å². The molecule has 0 aliphatic carbocycles. The Morgan fingerprint density at radius 3 is 3.13 bits per heavy atom. The molecule has 1 aromatic heterocycles. The van der Waals surface area contributed by atoms with Crippen LogP contribution in [0.1, 0.15) is 6.42 Å². The SMILES string of the molecule is c1ccc2sc(N[C@H]3CCNC3)nc2c1. The van der Waals surface area contributed by atoms with Gasteiger partial charge in [0.1, 0.15) is 0 Å². The van der Waals surface area contributed by atoms with E-state index in [1.807, 2.05) is 6.07 Å². The second-order valence-corrected chi connectivity index (χ2v) is 4.85. The molecule has 0 radical (unpaired) electrons. The Morgan fingerprint density at radius 2 is 2.33 bits per heavy atom. The van der Waals surface area contributed by atoms with E-state index in [4.69, 9.17) is 0 Å². The largest absolute Gasteiger partial charge is 0.357 e. The second kappa shape index (κ2) is 3.79. The number of fused-ring (bicyclic) bond motifs is 1. The third-order valence-electron chi connectivity index (χ3n) is 2.68. The summed E-state index contributed by atoms with van der Waals surface area (Å²) >= 11 is 1.73. The summed E-state index contributed by atoms with van der Waals surface area (Å²) in [6.45, 7) is 2.17. The van der Waals surface area contributed by atoms with E-state index in [9.17, 15) is 0 Å². The van der Waals surface area contributed by atoms with Crippen molar-refractivity contribution in [2.24, 2.45) is 0 Å². The average Bonchev–Trinajstić information content (AvgIpc) is 2.86. The first-order chi connectivity index (χ1) is 7.42. The van der Waals surface area contributed by atoms with Crippen LogP contribution in [0, 0.1) is 0 Å². The Labute approximate surface area is 92.5 Å². The van der Waals surface area contributed by atoms with Crippen LogP contribution in [-0.2, 0) is 0 Å². The highest BCUT2D eigenvalue weighted by molar-refractivity contribution is 7.22. The van der Waals surface area contributed by atoms with Crippen molar-refractivity contribution in [2.75, 3.05) is 18.4 Å². The van der Waals surface area contributed by atoms with Gasteiger partial charge >= 0.3 is 0 Å². The number of nitrogens with zero attached hydrogens (tertiary/aromatic N) is 1. The van der Waals surface area contributed by atoms with Crippen LogP contribution >= 0.6 is 11.3 Å². The number of para-hydroxylation sites is 1. The highest BCUT2D eigenvalue weighted by atomic mass is 32.1. The molecule has 1 saturated heterocycles. The average molecular weight is 219 g/mol. The fourth-order valence-electron chi connectivity index (χ4n) is 1.89. The van der Waals surface area contributed by atoms with E-state index >= 15 is 0 Å². The van der Waals surface area contributed by atoms with Gasteiger partial charge in [0.05, 0.1) is 10.2 Å². The molecule has 1 aliphatic heterocycles. The second-order valence-electron chi connectivity index (χ2n) is 3.82. The van der Waals surface area contributed by atoms with Crippen molar-refractivity contribution < 1.29 is 0 Å². The molecule has 2 aromatic rings. The molecule has 2 heterocycles. The van der Waals surface area contributed by atoms with Gasteiger partial charge < -0.3 is 10.6 Å². The first-order valence-electron chi connectivity index (χ1n) is 5.25.